The van der Waals surface area contributed by atoms with E-state index in [9.17, 15) is 5.26 Å². The predicted octanol–water partition coefficient (Wildman–Crippen LogP) is 2.73. The summed E-state index contributed by atoms with van der Waals surface area (Å²) in [5.41, 5.74) is 1.76. The van der Waals surface area contributed by atoms with Gasteiger partial charge in [0.1, 0.15) is 5.54 Å². The summed E-state index contributed by atoms with van der Waals surface area (Å²) in [6.45, 7) is 11.2. The zero-order chi connectivity index (χ0) is 13.8. The lowest BCUT2D eigenvalue weighted by Gasteiger charge is -2.27. The Kier molecular flexibility index (Phi) is 4.92. The third-order valence-corrected chi connectivity index (χ3v) is 3.48. The largest absolute Gasteiger partial charge is 0.332 e. The fourth-order valence-corrected chi connectivity index (χ4v) is 2.21. The first kappa shape index (κ1) is 14.7. The third-order valence-electron chi connectivity index (χ3n) is 3.48. The van der Waals surface area contributed by atoms with Crippen molar-refractivity contribution in [3.05, 3.63) is 17.7 Å². The Hall–Kier alpha value is -1.34. The van der Waals surface area contributed by atoms with Crippen LogP contribution in [0.25, 0.3) is 0 Å². The summed E-state index contributed by atoms with van der Waals surface area (Å²) < 4.78 is 2.15. The molecule has 1 N–H and O–H groups in total. The first-order valence-electron chi connectivity index (χ1n) is 6.60. The van der Waals surface area contributed by atoms with Crippen LogP contribution in [-0.2, 0) is 0 Å². The molecule has 0 radical (unpaired) electrons. The molecule has 0 fully saturated rings. The van der Waals surface area contributed by atoms with E-state index in [1.165, 1.54) is 5.69 Å². The Morgan fingerprint density at radius 1 is 1.56 bits per heavy atom. The van der Waals surface area contributed by atoms with E-state index in [4.69, 9.17) is 0 Å². The standard InChI is InChI=1S/C14H24N4/c1-6-7-17-14(5,9-15)8-11(2)18-10-16-12(3)13(18)4/h10-11,17H,6-8H2,1-5H3. The smallest absolute Gasteiger partial charge is 0.105 e. The van der Waals surface area contributed by atoms with Crippen LogP contribution in [-0.4, -0.2) is 21.6 Å². The number of aryl methyl sites for hydroxylation is 1. The minimum absolute atomic E-state index is 0.264. The molecule has 4 heteroatoms. The van der Waals surface area contributed by atoms with E-state index in [0.717, 1.165) is 25.1 Å². The van der Waals surface area contributed by atoms with Gasteiger partial charge in [0, 0.05) is 11.7 Å². The predicted molar refractivity (Wildman–Crippen MR) is 73.3 cm³/mol. The van der Waals surface area contributed by atoms with E-state index in [2.05, 4.69) is 41.7 Å². The van der Waals surface area contributed by atoms with Gasteiger partial charge in [-0.25, -0.2) is 4.98 Å². The van der Waals surface area contributed by atoms with Crippen molar-refractivity contribution < 1.29 is 0 Å². The Morgan fingerprint density at radius 3 is 2.67 bits per heavy atom. The van der Waals surface area contributed by atoms with Crippen molar-refractivity contribution in [1.82, 2.24) is 14.9 Å². The van der Waals surface area contributed by atoms with E-state index in [1.807, 2.05) is 20.2 Å². The number of aromatic nitrogens is 2. The molecule has 0 saturated heterocycles. The second-order valence-electron chi connectivity index (χ2n) is 5.25. The molecule has 1 aromatic heterocycles. The summed E-state index contributed by atoms with van der Waals surface area (Å²) in [4.78, 5) is 4.31. The second kappa shape index (κ2) is 6.01. The minimum Gasteiger partial charge on any atom is -0.332 e. The molecule has 0 spiro atoms. The monoisotopic (exact) mass is 248 g/mol. The van der Waals surface area contributed by atoms with Gasteiger partial charge in [-0.3, -0.25) is 5.32 Å². The zero-order valence-electron chi connectivity index (χ0n) is 12.1. The lowest BCUT2D eigenvalue weighted by molar-refractivity contribution is 0.345. The molecule has 100 valence electrons. The molecule has 0 aromatic carbocycles. The van der Waals surface area contributed by atoms with E-state index in [0.29, 0.717) is 0 Å². The molecule has 18 heavy (non-hydrogen) atoms. The summed E-state index contributed by atoms with van der Waals surface area (Å²) in [7, 11) is 0. The highest BCUT2D eigenvalue weighted by Crippen LogP contribution is 2.22. The number of imidazole rings is 1. The molecule has 0 aliphatic carbocycles. The van der Waals surface area contributed by atoms with Crippen LogP contribution < -0.4 is 5.32 Å². The van der Waals surface area contributed by atoms with E-state index < -0.39 is 5.54 Å². The Balaban J connectivity index is 2.77. The van der Waals surface area contributed by atoms with Crippen LogP contribution >= 0.6 is 0 Å². The highest BCUT2D eigenvalue weighted by atomic mass is 15.1. The highest BCUT2D eigenvalue weighted by molar-refractivity contribution is 5.11. The zero-order valence-corrected chi connectivity index (χ0v) is 12.1. The third kappa shape index (κ3) is 3.33. The van der Waals surface area contributed by atoms with Crippen molar-refractivity contribution in [2.45, 2.75) is 59.0 Å². The molecule has 0 bridgehead atoms. The van der Waals surface area contributed by atoms with Gasteiger partial charge in [-0.1, -0.05) is 6.92 Å². The molecule has 2 unspecified atom stereocenters. The lowest BCUT2D eigenvalue weighted by atomic mass is 9.95. The molecule has 4 nitrogen and oxygen atoms in total. The fourth-order valence-electron chi connectivity index (χ4n) is 2.21. The summed E-state index contributed by atoms with van der Waals surface area (Å²) in [5, 5.41) is 12.7. The molecule has 0 amide bonds. The summed E-state index contributed by atoms with van der Waals surface area (Å²) >= 11 is 0. The van der Waals surface area contributed by atoms with Crippen LogP contribution in [0.15, 0.2) is 6.33 Å². The maximum atomic E-state index is 9.34. The SMILES string of the molecule is CCCNC(C)(C#N)CC(C)n1cnc(C)c1C. The van der Waals surface area contributed by atoms with Crippen LogP contribution in [0.2, 0.25) is 0 Å². The molecule has 0 aliphatic rings. The molecular formula is C14H24N4. The maximum Gasteiger partial charge on any atom is 0.105 e. The number of nitrogens with zero attached hydrogens (tertiary/aromatic N) is 3. The van der Waals surface area contributed by atoms with Crippen molar-refractivity contribution >= 4 is 0 Å². The Labute approximate surface area is 110 Å². The van der Waals surface area contributed by atoms with Crippen molar-refractivity contribution in [1.29, 1.82) is 5.26 Å². The van der Waals surface area contributed by atoms with Gasteiger partial charge in [0.05, 0.1) is 18.1 Å². The molecule has 2 atom stereocenters. The number of nitrogens with one attached hydrogen (secondary N) is 1. The van der Waals surface area contributed by atoms with Crippen LogP contribution in [0.1, 0.15) is 51.0 Å². The quantitative estimate of drug-likeness (QED) is 0.842. The molecular weight excluding hydrogens is 224 g/mol. The first-order chi connectivity index (χ1) is 8.43. The number of rotatable bonds is 6. The van der Waals surface area contributed by atoms with Gasteiger partial charge in [-0.05, 0) is 47.1 Å². The van der Waals surface area contributed by atoms with Gasteiger partial charge in [0.15, 0.2) is 0 Å². The lowest BCUT2D eigenvalue weighted by Crippen LogP contribution is -2.43. The van der Waals surface area contributed by atoms with Crippen molar-refractivity contribution in [2.24, 2.45) is 0 Å². The summed E-state index contributed by atoms with van der Waals surface area (Å²) in [6.07, 6.45) is 3.68. The minimum atomic E-state index is -0.472. The normalized spacial score (nSPS) is 16.0. The summed E-state index contributed by atoms with van der Waals surface area (Å²) in [5.74, 6) is 0. The Morgan fingerprint density at radius 2 is 2.22 bits per heavy atom. The Bertz CT molecular complexity index is 429. The average molecular weight is 248 g/mol. The molecule has 1 aromatic rings. The highest BCUT2D eigenvalue weighted by Gasteiger charge is 2.26. The van der Waals surface area contributed by atoms with Crippen LogP contribution in [0.5, 0.6) is 0 Å². The topological polar surface area (TPSA) is 53.6 Å². The van der Waals surface area contributed by atoms with Gasteiger partial charge in [0.25, 0.3) is 0 Å². The average Bonchev–Trinajstić information content (AvgIpc) is 2.67. The fraction of sp³-hybridized carbons (Fsp3) is 0.714. The van der Waals surface area contributed by atoms with Crippen LogP contribution in [0.4, 0.5) is 0 Å². The molecule has 0 aliphatic heterocycles. The van der Waals surface area contributed by atoms with Gasteiger partial charge in [-0.2, -0.15) is 5.26 Å². The number of nitriles is 1. The van der Waals surface area contributed by atoms with Crippen LogP contribution in [0, 0.1) is 25.2 Å². The van der Waals surface area contributed by atoms with Gasteiger partial charge in [0.2, 0.25) is 0 Å². The second-order valence-corrected chi connectivity index (χ2v) is 5.25. The van der Waals surface area contributed by atoms with Crippen LogP contribution in [0.3, 0.4) is 0 Å². The first-order valence-corrected chi connectivity index (χ1v) is 6.60. The van der Waals surface area contributed by atoms with Gasteiger partial charge < -0.3 is 4.57 Å². The van der Waals surface area contributed by atoms with E-state index in [-0.39, 0.29) is 6.04 Å². The van der Waals surface area contributed by atoms with Crippen molar-refractivity contribution in [2.75, 3.05) is 6.54 Å². The van der Waals surface area contributed by atoms with Crippen molar-refractivity contribution in [3.63, 3.8) is 0 Å². The van der Waals surface area contributed by atoms with Gasteiger partial charge >= 0.3 is 0 Å². The van der Waals surface area contributed by atoms with E-state index in [1.54, 1.807) is 0 Å². The van der Waals surface area contributed by atoms with Crippen molar-refractivity contribution in [3.8, 4) is 6.07 Å². The summed E-state index contributed by atoms with van der Waals surface area (Å²) in [6, 6.07) is 2.66. The molecule has 1 heterocycles. The molecule has 0 saturated carbocycles. The van der Waals surface area contributed by atoms with Gasteiger partial charge in [-0.15, -0.1) is 0 Å². The maximum absolute atomic E-state index is 9.34. The van der Waals surface area contributed by atoms with E-state index >= 15 is 0 Å². The number of hydrogen-bond acceptors (Lipinski definition) is 3. The number of hydrogen-bond donors (Lipinski definition) is 1. The molecule has 1 rings (SSSR count).